The highest BCUT2D eigenvalue weighted by Gasteiger charge is 2.03. The van der Waals surface area contributed by atoms with E-state index in [1.54, 1.807) is 0 Å². The number of nitrogens with zero attached hydrogens (tertiary/aromatic N) is 3. The predicted molar refractivity (Wildman–Crippen MR) is 106 cm³/mol. The molecule has 0 N–H and O–H groups in total. The van der Waals surface area contributed by atoms with E-state index in [-0.39, 0.29) is 0 Å². The molecule has 2 rings (SSSR count). The van der Waals surface area contributed by atoms with Gasteiger partial charge in [-0.2, -0.15) is 0 Å². The molecule has 0 amide bonds. The monoisotopic (exact) mass is 341 g/mol. The Balaban J connectivity index is 2.38. The molecule has 0 radical (unpaired) electrons. The van der Waals surface area contributed by atoms with Gasteiger partial charge in [0.2, 0.25) is 0 Å². The fraction of sp³-hybridized carbons (Fsp3) is 0.476. The van der Waals surface area contributed by atoms with Gasteiger partial charge in [0.05, 0.1) is 5.35 Å². The summed E-state index contributed by atoms with van der Waals surface area (Å²) in [4.78, 5) is 6.91. The van der Waals surface area contributed by atoms with Crippen molar-refractivity contribution in [3.05, 3.63) is 46.3 Å². The van der Waals surface area contributed by atoms with Crippen LogP contribution in [0.2, 0.25) is 0 Å². The van der Waals surface area contributed by atoms with Gasteiger partial charge >= 0.3 is 0 Å². The highest BCUT2D eigenvalue weighted by atomic mass is 16.3. The summed E-state index contributed by atoms with van der Waals surface area (Å²) in [7, 11) is 0. The minimum Gasteiger partial charge on any atom is -0.424 e. The van der Waals surface area contributed by atoms with E-state index in [1.807, 2.05) is 10.6 Å². The molecule has 0 unspecified atom stereocenters. The SMILES string of the molecule is C=c1/c(=C\c2ccc(N(CC)CC)cc2)o/c(=N/CCCC)n1CC. The maximum absolute atomic E-state index is 5.97. The number of oxazole rings is 1. The second kappa shape index (κ2) is 9.30. The summed E-state index contributed by atoms with van der Waals surface area (Å²) in [5.41, 5.74) is 3.81. The van der Waals surface area contributed by atoms with Gasteiger partial charge in [0, 0.05) is 31.9 Å². The summed E-state index contributed by atoms with van der Waals surface area (Å²) < 4.78 is 8.01. The molecule has 0 atom stereocenters. The lowest BCUT2D eigenvalue weighted by atomic mass is 10.2. The quantitative estimate of drug-likeness (QED) is 0.692. The Morgan fingerprint density at radius 1 is 1.12 bits per heavy atom. The molecule has 0 saturated heterocycles. The smallest absolute Gasteiger partial charge is 0.297 e. The number of rotatable bonds is 8. The average molecular weight is 341 g/mol. The Kier molecular flexibility index (Phi) is 7.11. The van der Waals surface area contributed by atoms with Crippen LogP contribution in [0.3, 0.4) is 0 Å². The van der Waals surface area contributed by atoms with Crippen LogP contribution in [0, 0.1) is 0 Å². The van der Waals surface area contributed by atoms with Crippen molar-refractivity contribution in [3.8, 4) is 0 Å². The van der Waals surface area contributed by atoms with Gasteiger partial charge in [-0.05, 0) is 51.0 Å². The van der Waals surface area contributed by atoms with E-state index in [1.165, 1.54) is 5.69 Å². The van der Waals surface area contributed by atoms with E-state index in [0.717, 1.165) is 55.3 Å². The molecule has 0 fully saturated rings. The van der Waals surface area contributed by atoms with E-state index in [9.17, 15) is 0 Å². The van der Waals surface area contributed by atoms with Crippen LogP contribution in [-0.2, 0) is 6.54 Å². The summed E-state index contributed by atoms with van der Waals surface area (Å²) >= 11 is 0. The molecule has 1 heterocycles. The van der Waals surface area contributed by atoms with Crippen molar-refractivity contribution in [2.45, 2.75) is 47.1 Å². The Morgan fingerprint density at radius 2 is 1.80 bits per heavy atom. The van der Waals surface area contributed by atoms with Gasteiger partial charge in [0.1, 0.15) is 0 Å². The lowest BCUT2D eigenvalue weighted by molar-refractivity contribution is 0.437. The number of benzene rings is 1. The standard InChI is InChI=1S/C21H31N3O/c1-6-10-15-22-21-24(9-4)17(5)20(25-21)16-18-11-13-19(14-12-18)23(7-2)8-3/h11-14,16H,5-10,15H2,1-4H3/b20-16+,22-21+. The average Bonchev–Trinajstić information content (AvgIpc) is 2.92. The van der Waals surface area contributed by atoms with Crippen LogP contribution in [0.4, 0.5) is 5.69 Å². The lowest BCUT2D eigenvalue weighted by Crippen LogP contribution is -2.30. The Morgan fingerprint density at radius 3 is 2.36 bits per heavy atom. The molecule has 2 aromatic rings. The number of hydrogen-bond donors (Lipinski definition) is 0. The van der Waals surface area contributed by atoms with Gasteiger partial charge in [-0.15, -0.1) is 0 Å². The first kappa shape index (κ1) is 19.1. The zero-order chi connectivity index (χ0) is 18.2. The van der Waals surface area contributed by atoms with E-state index in [2.05, 4.69) is 68.4 Å². The first-order valence-electron chi connectivity index (χ1n) is 9.40. The van der Waals surface area contributed by atoms with E-state index in [0.29, 0.717) is 5.68 Å². The van der Waals surface area contributed by atoms with Crippen LogP contribution in [0.25, 0.3) is 12.7 Å². The number of aromatic nitrogens is 1. The highest BCUT2D eigenvalue weighted by Crippen LogP contribution is 2.14. The Labute approximate surface area is 150 Å². The predicted octanol–water partition coefficient (Wildman–Crippen LogP) is 2.89. The third kappa shape index (κ3) is 4.65. The van der Waals surface area contributed by atoms with Crippen molar-refractivity contribution in [1.29, 1.82) is 0 Å². The fourth-order valence-corrected chi connectivity index (χ4v) is 2.87. The van der Waals surface area contributed by atoms with Crippen LogP contribution >= 0.6 is 0 Å². The molecular weight excluding hydrogens is 310 g/mol. The molecule has 4 heteroatoms. The third-order valence-corrected chi connectivity index (χ3v) is 4.44. The van der Waals surface area contributed by atoms with Gasteiger partial charge in [-0.3, -0.25) is 4.57 Å². The normalized spacial score (nSPS) is 12.8. The summed E-state index contributed by atoms with van der Waals surface area (Å²) in [5.74, 6) is 0. The van der Waals surface area contributed by atoms with E-state index in [4.69, 9.17) is 4.42 Å². The van der Waals surface area contributed by atoms with Crippen LogP contribution < -0.4 is 21.3 Å². The van der Waals surface area contributed by atoms with Gasteiger partial charge in [0.25, 0.3) is 5.68 Å². The summed E-state index contributed by atoms with van der Waals surface area (Å²) in [6, 6.07) is 8.56. The number of anilines is 1. The Bertz CT molecular complexity index is 824. The lowest BCUT2D eigenvalue weighted by Gasteiger charge is -2.20. The van der Waals surface area contributed by atoms with E-state index < -0.39 is 0 Å². The van der Waals surface area contributed by atoms with Gasteiger partial charge in [-0.1, -0.05) is 32.1 Å². The zero-order valence-electron chi connectivity index (χ0n) is 16.1. The molecule has 4 nitrogen and oxygen atoms in total. The molecule has 0 aliphatic carbocycles. The van der Waals surface area contributed by atoms with Gasteiger partial charge in [0.15, 0.2) is 5.42 Å². The maximum Gasteiger partial charge on any atom is 0.297 e. The summed E-state index contributed by atoms with van der Waals surface area (Å²) in [6.07, 6.45) is 4.24. The summed E-state index contributed by atoms with van der Waals surface area (Å²) in [5, 5.41) is 0.880. The molecule has 0 saturated carbocycles. The van der Waals surface area contributed by atoms with Crippen LogP contribution in [-0.4, -0.2) is 24.2 Å². The number of unbranched alkanes of at least 4 members (excludes halogenated alkanes) is 1. The molecule has 1 aromatic carbocycles. The maximum atomic E-state index is 5.97. The molecule has 0 spiro atoms. The van der Waals surface area contributed by atoms with E-state index >= 15 is 0 Å². The van der Waals surface area contributed by atoms with Crippen molar-refractivity contribution in [1.82, 2.24) is 4.57 Å². The molecule has 0 bridgehead atoms. The van der Waals surface area contributed by atoms with Crippen molar-refractivity contribution in [2.75, 3.05) is 24.5 Å². The molecule has 25 heavy (non-hydrogen) atoms. The van der Waals surface area contributed by atoms with Crippen molar-refractivity contribution < 1.29 is 4.42 Å². The topological polar surface area (TPSA) is 33.7 Å². The minimum atomic E-state index is 0.673. The second-order valence-electron chi connectivity index (χ2n) is 6.08. The van der Waals surface area contributed by atoms with Crippen molar-refractivity contribution in [3.63, 3.8) is 0 Å². The van der Waals surface area contributed by atoms with Gasteiger partial charge < -0.3 is 9.32 Å². The van der Waals surface area contributed by atoms with Crippen molar-refractivity contribution >= 4 is 18.3 Å². The molecule has 0 aliphatic rings. The molecule has 0 aliphatic heterocycles. The van der Waals surface area contributed by atoms with Crippen LogP contribution in [0.1, 0.15) is 46.1 Å². The molecule has 136 valence electrons. The summed E-state index contributed by atoms with van der Waals surface area (Å²) in [6.45, 7) is 16.4. The van der Waals surface area contributed by atoms with Gasteiger partial charge in [-0.25, -0.2) is 4.99 Å². The molecular formula is C21H31N3O. The first-order valence-corrected chi connectivity index (χ1v) is 9.40. The third-order valence-electron chi connectivity index (χ3n) is 4.44. The number of hydrogen-bond acceptors (Lipinski definition) is 3. The zero-order valence-corrected chi connectivity index (χ0v) is 16.1. The fourth-order valence-electron chi connectivity index (χ4n) is 2.87. The Hall–Kier alpha value is -2.23. The van der Waals surface area contributed by atoms with Crippen LogP contribution in [0.15, 0.2) is 33.7 Å². The highest BCUT2D eigenvalue weighted by molar-refractivity contribution is 5.55. The van der Waals surface area contributed by atoms with Crippen molar-refractivity contribution in [2.24, 2.45) is 4.99 Å². The second-order valence-corrected chi connectivity index (χ2v) is 6.08. The van der Waals surface area contributed by atoms with Crippen LogP contribution in [0.5, 0.6) is 0 Å². The molecule has 1 aromatic heterocycles. The largest absolute Gasteiger partial charge is 0.424 e. The minimum absolute atomic E-state index is 0.673. The first-order chi connectivity index (χ1) is 12.1.